The first-order valence-corrected chi connectivity index (χ1v) is 26.3. The van der Waals surface area contributed by atoms with Gasteiger partial charge >= 0.3 is 0 Å². The molecule has 36 heteroatoms. The number of rotatable bonds is 19. The molecule has 21 N–H and O–H groups in total. The Morgan fingerprint density at radius 2 is 0.720 bits per heavy atom. The number of nitrogens with one attached hydrogen (secondary N) is 2. The van der Waals surface area contributed by atoms with Gasteiger partial charge in [-0.2, -0.15) is 0 Å². The van der Waals surface area contributed by atoms with E-state index in [-0.39, 0.29) is 0 Å². The van der Waals surface area contributed by atoms with E-state index in [4.69, 9.17) is 61.6 Å². The summed E-state index contributed by atoms with van der Waals surface area (Å²) in [6.45, 7) is -0.0441. The second kappa shape index (κ2) is 28.7. The van der Waals surface area contributed by atoms with Crippen LogP contribution in [0.3, 0.4) is 0 Å². The summed E-state index contributed by atoms with van der Waals surface area (Å²) in [6.07, 6.45) is -62.0. The molecule has 7 heterocycles. The fourth-order valence-electron chi connectivity index (χ4n) is 10.5. The molecule has 0 aromatic carbocycles. The number of carbonyl (C=O) groups is 2. The molecule has 0 radical (unpaired) electrons. The van der Waals surface area contributed by atoms with Crippen molar-refractivity contribution in [2.45, 2.75) is 243 Å². The van der Waals surface area contributed by atoms with Crippen LogP contribution < -0.4 is 10.6 Å². The largest absolute Gasteiger partial charge is 0.394 e. The second-order valence-corrected chi connectivity index (χ2v) is 21.1. The number of ether oxygens (including phenoxy) is 13. The number of hydrogen-bond acceptors (Lipinski definition) is 34. The molecule has 35 atom stereocenters. The number of aliphatic hydroxyl groups is 19. The molecule has 7 fully saturated rings. The highest BCUT2D eigenvalue weighted by atomic mass is 16.8. The average molecular weight is 1200 g/mol. The summed E-state index contributed by atoms with van der Waals surface area (Å²) < 4.78 is 75.9. The van der Waals surface area contributed by atoms with E-state index in [1.807, 2.05) is 0 Å². The van der Waals surface area contributed by atoms with E-state index in [0.29, 0.717) is 0 Å². The maximum atomic E-state index is 13.0. The fraction of sp³-hybridized carbons (Fsp3) is 0.957. The lowest BCUT2D eigenvalue weighted by atomic mass is 9.93. The summed E-state index contributed by atoms with van der Waals surface area (Å²) in [5.41, 5.74) is 0. The van der Waals surface area contributed by atoms with E-state index in [1.165, 1.54) is 13.8 Å². The Kier molecular flexibility index (Phi) is 23.5. The lowest BCUT2D eigenvalue weighted by Gasteiger charge is -2.51. The molecular formula is C46H78N2O34. The third kappa shape index (κ3) is 14.5. The van der Waals surface area contributed by atoms with Gasteiger partial charge in [0.25, 0.3) is 0 Å². The van der Waals surface area contributed by atoms with Gasteiger partial charge in [0.05, 0.1) is 45.2 Å². The molecule has 82 heavy (non-hydrogen) atoms. The van der Waals surface area contributed by atoms with Gasteiger partial charge in [-0.15, -0.1) is 0 Å². The molecule has 0 spiro atoms. The first-order valence-electron chi connectivity index (χ1n) is 26.3. The summed E-state index contributed by atoms with van der Waals surface area (Å²) in [5.74, 6) is -1.73. The second-order valence-electron chi connectivity index (χ2n) is 21.1. The number of aliphatic hydroxyl groups excluding tert-OH is 19. The molecule has 0 aromatic rings. The van der Waals surface area contributed by atoms with Gasteiger partial charge in [-0.05, 0) is 13.8 Å². The predicted molar refractivity (Wildman–Crippen MR) is 252 cm³/mol. The SMILES string of the molecule is CC(=O)N[C@@H]1[C@@H](O[C@@H]2O[C@@H](C)[C@@H](O)[C@@H](O)[C@@H]2O)[C@H](O[C@@H]2O[C@H](CO)[C@@H](O[C@@H]3O[C@H](CO[C@@H]4O[C@H](CO)[C@@H](O)[C@H](O)[C@@H]4O)[C@@H](O)[C@H](O[C@@H]4O[C@H](CO)[C@@H](O)[C@H](O)[C@@H]4O)[C@@H]3O)[C@H](O)[C@H]2NC(C)=O)[C@@H](CO[C@@H]2O[C@@H](C)[C@@H](O)[C@@H](O)[C@@H]2O)O[C@H]1O. The van der Waals surface area contributed by atoms with Crippen LogP contribution in [-0.4, -0.2) is 357 Å². The zero-order chi connectivity index (χ0) is 60.5. The van der Waals surface area contributed by atoms with E-state index < -0.39 is 260 Å². The highest BCUT2D eigenvalue weighted by Crippen LogP contribution is 2.37. The minimum atomic E-state index is -2.29. The standard InChI is InChI=1S/C46H78N2O34/c1-10-21(54)27(60)31(64)42(72-10)71-9-18-37(38(20(40(69)74-18)48-13(4)53)81-44-33(66)28(61)22(55)11(2)73-44)80-41-19(47-12(3)52)26(59)36(16(7-51)77-41)79-46-35(68)39(82-45-34(67)30(63)24(57)15(6-50)76-45)25(58)17(78-46)8-70-43-32(65)29(62)23(56)14(5-49)75-43/h10-11,14-46,49-51,54-69H,5-9H2,1-4H3,(H,47,52)(H,48,53)/t10-,11-,14+,15+,16+,17+,18+,19+,20+,21+,22+,23+,24+,25+,26+,27+,28+,29-,30-,31-,32-,33-,34-,35-,36+,37+,38+,39-,40+,41-,42+,43+,44-,45-,46-/m0/s1. The summed E-state index contributed by atoms with van der Waals surface area (Å²) in [5, 5.41) is 210. The maximum absolute atomic E-state index is 13.0. The molecule has 7 saturated heterocycles. The van der Waals surface area contributed by atoms with Crippen molar-refractivity contribution in [1.29, 1.82) is 0 Å². The molecule has 0 aromatic heterocycles. The summed E-state index contributed by atoms with van der Waals surface area (Å²) in [4.78, 5) is 25.7. The Bertz CT molecular complexity index is 2030. The first-order chi connectivity index (χ1) is 38.6. The van der Waals surface area contributed by atoms with Crippen LogP contribution in [0.4, 0.5) is 0 Å². The van der Waals surface area contributed by atoms with Gasteiger partial charge in [0, 0.05) is 13.8 Å². The van der Waals surface area contributed by atoms with Gasteiger partial charge < -0.3 is 169 Å². The van der Waals surface area contributed by atoms with Crippen molar-refractivity contribution in [3.05, 3.63) is 0 Å². The van der Waals surface area contributed by atoms with Crippen LogP contribution in [0.1, 0.15) is 27.7 Å². The van der Waals surface area contributed by atoms with Gasteiger partial charge in [-0.25, -0.2) is 0 Å². The molecule has 0 bridgehead atoms. The Labute approximate surface area is 465 Å². The van der Waals surface area contributed by atoms with Crippen LogP contribution in [-0.2, 0) is 71.2 Å². The summed E-state index contributed by atoms with van der Waals surface area (Å²) in [6, 6.07) is -3.64. The van der Waals surface area contributed by atoms with E-state index >= 15 is 0 Å². The fourth-order valence-corrected chi connectivity index (χ4v) is 10.5. The van der Waals surface area contributed by atoms with E-state index in [9.17, 15) is 107 Å². The van der Waals surface area contributed by atoms with Gasteiger partial charge in [0.15, 0.2) is 44.0 Å². The van der Waals surface area contributed by atoms with Crippen molar-refractivity contribution in [3.63, 3.8) is 0 Å². The number of hydrogen-bond donors (Lipinski definition) is 21. The zero-order valence-electron chi connectivity index (χ0n) is 44.4. The monoisotopic (exact) mass is 1200 g/mol. The van der Waals surface area contributed by atoms with Crippen LogP contribution in [0.25, 0.3) is 0 Å². The van der Waals surface area contributed by atoms with Crippen LogP contribution in [0.2, 0.25) is 0 Å². The van der Waals surface area contributed by atoms with Crippen molar-refractivity contribution in [2.75, 3.05) is 33.0 Å². The van der Waals surface area contributed by atoms with Gasteiger partial charge in [0.1, 0.15) is 159 Å². The highest BCUT2D eigenvalue weighted by Gasteiger charge is 2.58. The molecule has 476 valence electrons. The first kappa shape index (κ1) is 67.2. The van der Waals surface area contributed by atoms with Gasteiger partial charge in [-0.1, -0.05) is 0 Å². The lowest BCUT2D eigenvalue weighted by molar-refractivity contribution is -0.388. The van der Waals surface area contributed by atoms with Crippen molar-refractivity contribution in [1.82, 2.24) is 10.6 Å². The Morgan fingerprint density at radius 1 is 0.341 bits per heavy atom. The molecule has 0 aliphatic carbocycles. The van der Waals surface area contributed by atoms with Crippen molar-refractivity contribution < 1.29 is 168 Å². The van der Waals surface area contributed by atoms with Crippen LogP contribution >= 0.6 is 0 Å². The Balaban J connectivity index is 1.21. The predicted octanol–water partition coefficient (Wildman–Crippen LogP) is -13.9. The average Bonchev–Trinajstić information content (AvgIpc) is 2.90. The van der Waals surface area contributed by atoms with Crippen molar-refractivity contribution in [2.24, 2.45) is 0 Å². The minimum absolute atomic E-state index is 0.826. The molecule has 7 aliphatic heterocycles. The molecule has 2 amide bonds. The van der Waals surface area contributed by atoms with Crippen LogP contribution in [0.15, 0.2) is 0 Å². The zero-order valence-corrected chi connectivity index (χ0v) is 44.4. The van der Waals surface area contributed by atoms with Crippen LogP contribution in [0, 0.1) is 0 Å². The smallest absolute Gasteiger partial charge is 0.217 e. The highest BCUT2D eigenvalue weighted by molar-refractivity contribution is 5.73. The maximum Gasteiger partial charge on any atom is 0.217 e. The number of amides is 2. The summed E-state index contributed by atoms with van der Waals surface area (Å²) in [7, 11) is 0. The third-order valence-electron chi connectivity index (χ3n) is 15.2. The molecule has 0 saturated carbocycles. The molecule has 0 unspecified atom stereocenters. The van der Waals surface area contributed by atoms with E-state index in [1.54, 1.807) is 0 Å². The van der Waals surface area contributed by atoms with E-state index in [2.05, 4.69) is 10.6 Å². The number of carbonyl (C=O) groups excluding carboxylic acids is 2. The third-order valence-corrected chi connectivity index (χ3v) is 15.2. The topological polar surface area (TPSA) is 563 Å². The van der Waals surface area contributed by atoms with E-state index in [0.717, 1.165) is 13.8 Å². The molecule has 7 rings (SSSR count). The van der Waals surface area contributed by atoms with Crippen LogP contribution in [0.5, 0.6) is 0 Å². The quantitative estimate of drug-likeness (QED) is 0.0571. The lowest BCUT2D eigenvalue weighted by Crippen LogP contribution is -2.71. The Morgan fingerprint density at radius 3 is 1.24 bits per heavy atom. The Hall–Kier alpha value is -2.34. The van der Waals surface area contributed by atoms with Crippen molar-refractivity contribution in [3.8, 4) is 0 Å². The van der Waals surface area contributed by atoms with Gasteiger partial charge in [-0.3, -0.25) is 9.59 Å². The minimum Gasteiger partial charge on any atom is -0.394 e. The molecule has 36 nitrogen and oxygen atoms in total. The van der Waals surface area contributed by atoms with Gasteiger partial charge in [0.2, 0.25) is 11.8 Å². The van der Waals surface area contributed by atoms with Crippen molar-refractivity contribution >= 4 is 11.8 Å². The molecular weight excluding hydrogens is 1120 g/mol. The summed E-state index contributed by atoms with van der Waals surface area (Å²) >= 11 is 0. The molecule has 7 aliphatic rings. The normalized spacial score (nSPS) is 51.3.